The van der Waals surface area contributed by atoms with Gasteiger partial charge in [-0.3, -0.25) is 4.99 Å². The van der Waals surface area contributed by atoms with Crippen molar-refractivity contribution in [2.45, 2.75) is 19.2 Å². The van der Waals surface area contributed by atoms with Crippen molar-refractivity contribution >= 4 is 10.8 Å². The van der Waals surface area contributed by atoms with Gasteiger partial charge in [-0.05, 0) is 29.1 Å². The largest absolute Gasteiger partial charge is 0.490 e. The molecule has 0 aliphatic rings. The molecule has 4 heteroatoms. The maximum atomic E-state index is 10.6. The van der Waals surface area contributed by atoms with Gasteiger partial charge in [-0.1, -0.05) is 72.8 Å². The number of rotatable bonds is 7. The van der Waals surface area contributed by atoms with E-state index in [1.807, 2.05) is 77.5 Å². The Morgan fingerprint density at radius 2 is 1.59 bits per heavy atom. The zero-order valence-corrected chi connectivity index (χ0v) is 16.2. The fourth-order valence-corrected chi connectivity index (χ4v) is 3.31. The molecule has 4 nitrogen and oxygen atoms in total. The van der Waals surface area contributed by atoms with Crippen LogP contribution in [0.5, 0.6) is 5.75 Å². The van der Waals surface area contributed by atoms with E-state index in [4.69, 9.17) is 9.73 Å². The zero-order valence-electron chi connectivity index (χ0n) is 16.2. The molecule has 1 atom stereocenters. The van der Waals surface area contributed by atoms with Gasteiger partial charge < -0.3 is 14.4 Å². The summed E-state index contributed by atoms with van der Waals surface area (Å²) in [5.74, 6) is 0.786. The van der Waals surface area contributed by atoms with Crippen molar-refractivity contribution in [3.05, 3.63) is 108 Å². The number of ether oxygens (including phenoxy) is 1. The molecule has 0 aliphatic carbocycles. The Balaban J connectivity index is 1.44. The molecule has 0 fully saturated rings. The fraction of sp³-hybridized carbons (Fsp3) is 0.160. The summed E-state index contributed by atoms with van der Waals surface area (Å²) in [4.78, 5) is 4.70. The van der Waals surface area contributed by atoms with E-state index >= 15 is 0 Å². The SMILES string of the molecule is OC(COc1cccc2ccccc12)Cn1ccccc1=NCc1ccccc1. The summed E-state index contributed by atoms with van der Waals surface area (Å²) in [7, 11) is 0. The van der Waals surface area contributed by atoms with Crippen LogP contribution in [0, 0.1) is 0 Å². The van der Waals surface area contributed by atoms with Crippen LogP contribution >= 0.6 is 0 Å². The summed E-state index contributed by atoms with van der Waals surface area (Å²) in [5, 5.41) is 12.7. The predicted molar refractivity (Wildman–Crippen MR) is 116 cm³/mol. The lowest BCUT2D eigenvalue weighted by atomic mass is 10.1. The lowest BCUT2D eigenvalue weighted by Crippen LogP contribution is -2.30. The molecular weight excluding hydrogens is 360 g/mol. The Morgan fingerprint density at radius 1 is 0.828 bits per heavy atom. The van der Waals surface area contributed by atoms with Gasteiger partial charge in [0.25, 0.3) is 0 Å². The molecule has 1 N–H and O–H groups in total. The third-order valence-corrected chi connectivity index (χ3v) is 4.77. The number of nitrogens with zero attached hydrogens (tertiary/aromatic N) is 2. The predicted octanol–water partition coefficient (Wildman–Crippen LogP) is 4.18. The number of aliphatic hydroxyl groups is 1. The molecule has 1 aromatic heterocycles. The Kier molecular flexibility index (Phi) is 6.03. The number of pyridine rings is 1. The number of benzene rings is 3. The number of aromatic nitrogens is 1. The second-order valence-corrected chi connectivity index (χ2v) is 6.96. The third kappa shape index (κ3) is 4.92. The van der Waals surface area contributed by atoms with E-state index in [0.29, 0.717) is 13.1 Å². The lowest BCUT2D eigenvalue weighted by Gasteiger charge is -2.16. The molecule has 0 spiro atoms. The van der Waals surface area contributed by atoms with Crippen LogP contribution in [0.15, 0.2) is 102 Å². The van der Waals surface area contributed by atoms with Crippen LogP contribution < -0.4 is 10.2 Å². The van der Waals surface area contributed by atoms with Crippen LogP contribution in [0.25, 0.3) is 10.8 Å². The first-order chi connectivity index (χ1) is 14.3. The van der Waals surface area contributed by atoms with Crippen LogP contribution in [-0.2, 0) is 13.1 Å². The second-order valence-electron chi connectivity index (χ2n) is 6.96. The quantitative estimate of drug-likeness (QED) is 0.520. The van der Waals surface area contributed by atoms with E-state index < -0.39 is 6.10 Å². The first-order valence-corrected chi connectivity index (χ1v) is 9.78. The number of fused-ring (bicyclic) bond motifs is 1. The molecule has 0 saturated heterocycles. The van der Waals surface area contributed by atoms with Crippen molar-refractivity contribution in [1.29, 1.82) is 0 Å². The molecule has 0 bridgehead atoms. The Morgan fingerprint density at radius 3 is 2.48 bits per heavy atom. The molecule has 0 amide bonds. The summed E-state index contributed by atoms with van der Waals surface area (Å²) >= 11 is 0. The Hall–Kier alpha value is -3.37. The summed E-state index contributed by atoms with van der Waals surface area (Å²) < 4.78 is 7.89. The minimum atomic E-state index is -0.646. The monoisotopic (exact) mass is 384 g/mol. The molecule has 0 radical (unpaired) electrons. The maximum absolute atomic E-state index is 10.6. The van der Waals surface area contributed by atoms with Crippen LogP contribution in [0.1, 0.15) is 5.56 Å². The molecule has 0 saturated carbocycles. The van der Waals surface area contributed by atoms with Crippen molar-refractivity contribution in [2.75, 3.05) is 6.61 Å². The van der Waals surface area contributed by atoms with Crippen LogP contribution in [-0.4, -0.2) is 22.4 Å². The van der Waals surface area contributed by atoms with E-state index in [1.165, 1.54) is 0 Å². The fourth-order valence-electron chi connectivity index (χ4n) is 3.31. The van der Waals surface area contributed by atoms with Crippen molar-refractivity contribution in [1.82, 2.24) is 4.57 Å². The van der Waals surface area contributed by atoms with Gasteiger partial charge in [-0.2, -0.15) is 0 Å². The standard InChI is InChI=1S/C25H24N2O2/c28-22(19-29-24-14-8-12-21-11-4-5-13-23(21)24)18-27-16-7-6-15-25(27)26-17-20-9-2-1-3-10-20/h1-16,22,28H,17-19H2. The molecular formula is C25H24N2O2. The summed E-state index contributed by atoms with van der Waals surface area (Å²) in [5.41, 5.74) is 1.99. The highest BCUT2D eigenvalue weighted by atomic mass is 16.5. The van der Waals surface area contributed by atoms with Crippen molar-refractivity contribution in [2.24, 2.45) is 4.99 Å². The number of aliphatic hydroxyl groups excluding tert-OH is 1. The number of hydrogen-bond acceptors (Lipinski definition) is 3. The van der Waals surface area contributed by atoms with E-state index in [9.17, 15) is 5.11 Å². The summed E-state index contributed by atoms with van der Waals surface area (Å²) in [6.07, 6.45) is 1.29. The van der Waals surface area contributed by atoms with Crippen LogP contribution in [0.4, 0.5) is 0 Å². The van der Waals surface area contributed by atoms with Gasteiger partial charge in [-0.15, -0.1) is 0 Å². The Labute approximate surface area is 170 Å². The molecule has 0 aliphatic heterocycles. The average molecular weight is 384 g/mol. The van der Waals surface area contributed by atoms with E-state index in [-0.39, 0.29) is 6.61 Å². The number of hydrogen-bond donors (Lipinski definition) is 1. The van der Waals surface area contributed by atoms with Gasteiger partial charge in [0.15, 0.2) is 0 Å². The van der Waals surface area contributed by atoms with Gasteiger partial charge in [-0.25, -0.2) is 0 Å². The van der Waals surface area contributed by atoms with E-state index in [1.54, 1.807) is 0 Å². The molecule has 4 rings (SSSR count). The normalized spacial score (nSPS) is 12.8. The van der Waals surface area contributed by atoms with E-state index in [2.05, 4.69) is 24.3 Å². The third-order valence-electron chi connectivity index (χ3n) is 4.77. The molecule has 3 aromatic carbocycles. The van der Waals surface area contributed by atoms with Crippen LogP contribution in [0.3, 0.4) is 0 Å². The highest BCUT2D eigenvalue weighted by Gasteiger charge is 2.08. The minimum absolute atomic E-state index is 0.216. The summed E-state index contributed by atoms with van der Waals surface area (Å²) in [6, 6.07) is 30.0. The highest BCUT2D eigenvalue weighted by molar-refractivity contribution is 5.88. The Bertz CT molecular complexity index is 1130. The lowest BCUT2D eigenvalue weighted by molar-refractivity contribution is 0.0921. The summed E-state index contributed by atoms with van der Waals surface area (Å²) in [6.45, 7) is 1.24. The second kappa shape index (κ2) is 9.22. The van der Waals surface area contributed by atoms with Gasteiger partial charge in [0, 0.05) is 11.6 Å². The molecule has 29 heavy (non-hydrogen) atoms. The van der Waals surface area contributed by atoms with Crippen molar-refractivity contribution < 1.29 is 9.84 Å². The molecule has 146 valence electrons. The van der Waals surface area contributed by atoms with E-state index in [0.717, 1.165) is 27.6 Å². The molecule has 1 heterocycles. The average Bonchev–Trinajstić information content (AvgIpc) is 2.78. The van der Waals surface area contributed by atoms with Gasteiger partial charge in [0.2, 0.25) is 0 Å². The smallest absolute Gasteiger partial charge is 0.127 e. The van der Waals surface area contributed by atoms with Crippen molar-refractivity contribution in [3.8, 4) is 5.75 Å². The highest BCUT2D eigenvalue weighted by Crippen LogP contribution is 2.25. The van der Waals surface area contributed by atoms with Crippen molar-refractivity contribution in [3.63, 3.8) is 0 Å². The van der Waals surface area contributed by atoms with Crippen LogP contribution in [0.2, 0.25) is 0 Å². The maximum Gasteiger partial charge on any atom is 0.127 e. The topological polar surface area (TPSA) is 46.8 Å². The molecule has 1 unspecified atom stereocenters. The molecule has 4 aromatic rings. The van der Waals surface area contributed by atoms with Gasteiger partial charge in [0.1, 0.15) is 23.9 Å². The minimum Gasteiger partial charge on any atom is -0.490 e. The zero-order chi connectivity index (χ0) is 19.9. The first kappa shape index (κ1) is 19.0. The van der Waals surface area contributed by atoms with Gasteiger partial charge in [0.05, 0.1) is 13.1 Å². The van der Waals surface area contributed by atoms with Gasteiger partial charge >= 0.3 is 0 Å². The first-order valence-electron chi connectivity index (χ1n) is 9.78.